The van der Waals surface area contributed by atoms with Crippen molar-refractivity contribution >= 4 is 53.4 Å². The maximum absolute atomic E-state index is 12.0. The number of thiol groups is 1. The fraction of sp³-hybridized carbons (Fsp3) is 0. The fourth-order valence-corrected chi connectivity index (χ4v) is 1.98. The monoisotopic (exact) mass is 290 g/mol. The number of aromatic nitrogens is 1. The van der Waals surface area contributed by atoms with Crippen LogP contribution in [0.3, 0.4) is 0 Å². The number of halogens is 1. The highest BCUT2D eigenvalue weighted by Gasteiger charge is 2.11. The van der Waals surface area contributed by atoms with Gasteiger partial charge in [0, 0.05) is 16.9 Å². The smallest absolute Gasteiger partial charge is 0.276 e. The molecule has 19 heavy (non-hydrogen) atoms. The molecule has 0 spiro atoms. The molecule has 0 aliphatic heterocycles. The summed E-state index contributed by atoms with van der Waals surface area (Å²) < 4.78 is 0. The number of hydrogen-bond donors (Lipinski definition) is 3. The van der Waals surface area contributed by atoms with Crippen molar-refractivity contribution in [2.75, 3.05) is 11.1 Å². The van der Waals surface area contributed by atoms with Crippen LogP contribution in [0, 0.1) is 0 Å². The van der Waals surface area contributed by atoms with Crippen LogP contribution in [0.15, 0.2) is 36.5 Å². The van der Waals surface area contributed by atoms with Gasteiger partial charge < -0.3 is 11.1 Å². The van der Waals surface area contributed by atoms with E-state index in [4.69, 9.17) is 17.3 Å². The molecule has 1 aromatic carbocycles. The van der Waals surface area contributed by atoms with Crippen LogP contribution in [-0.2, 0) is 0 Å². The van der Waals surface area contributed by atoms with Gasteiger partial charge in [0.25, 0.3) is 5.91 Å². The lowest BCUT2D eigenvalue weighted by atomic mass is 9.94. The first-order chi connectivity index (χ1) is 9.11. The summed E-state index contributed by atoms with van der Waals surface area (Å²) in [4.78, 5) is 16.0. The summed E-state index contributed by atoms with van der Waals surface area (Å²) in [5.41, 5.74) is 7.53. The van der Waals surface area contributed by atoms with Crippen LogP contribution < -0.4 is 16.5 Å². The zero-order chi connectivity index (χ0) is 13.8. The lowest BCUT2D eigenvalue weighted by molar-refractivity contribution is 0.102. The Morgan fingerprint density at radius 1 is 1.42 bits per heavy atom. The molecule has 3 N–H and O–H groups in total. The minimum atomic E-state index is -0.370. The Labute approximate surface area is 121 Å². The maximum atomic E-state index is 12.0. The van der Waals surface area contributed by atoms with Crippen LogP contribution in [0.2, 0.25) is 5.02 Å². The first-order valence-corrected chi connectivity index (χ1v) is 6.30. The van der Waals surface area contributed by atoms with E-state index in [0.29, 0.717) is 16.4 Å². The zero-order valence-electron chi connectivity index (χ0n) is 9.80. The van der Waals surface area contributed by atoms with Crippen molar-refractivity contribution in [3.63, 3.8) is 0 Å². The molecule has 1 heterocycles. The summed E-state index contributed by atoms with van der Waals surface area (Å²) in [7, 11) is 0. The molecule has 0 aliphatic carbocycles. The summed E-state index contributed by atoms with van der Waals surface area (Å²) in [5.74, 6) is -0.370. The van der Waals surface area contributed by atoms with Gasteiger partial charge in [-0.15, -0.1) is 0 Å². The van der Waals surface area contributed by atoms with Gasteiger partial charge in [-0.1, -0.05) is 17.1 Å². The third-order valence-corrected chi connectivity index (χ3v) is 3.07. The molecule has 0 saturated carbocycles. The highest BCUT2D eigenvalue weighted by Crippen LogP contribution is 2.14. The normalized spacial score (nSPS) is 10.0. The number of carbonyl (C=O) groups excluding carboxylic acids is 1. The Morgan fingerprint density at radius 2 is 2.21 bits per heavy atom. The van der Waals surface area contributed by atoms with Gasteiger partial charge in [0.05, 0.1) is 5.69 Å². The molecule has 1 amide bonds. The van der Waals surface area contributed by atoms with Gasteiger partial charge in [-0.2, -0.15) is 0 Å². The van der Waals surface area contributed by atoms with E-state index in [0.717, 1.165) is 5.46 Å². The van der Waals surface area contributed by atoms with Gasteiger partial charge in [-0.05, 0) is 30.3 Å². The van der Waals surface area contributed by atoms with E-state index in [9.17, 15) is 4.79 Å². The van der Waals surface area contributed by atoms with Crippen molar-refractivity contribution < 1.29 is 4.79 Å². The number of nitrogen functional groups attached to an aromatic ring is 1. The number of nitrogens with two attached hydrogens (primary N) is 1. The Bertz CT molecular complexity index is 624. The van der Waals surface area contributed by atoms with Crippen LogP contribution in [0.25, 0.3) is 0 Å². The summed E-state index contributed by atoms with van der Waals surface area (Å²) in [5, 5.41) is 3.27. The highest BCUT2D eigenvalue weighted by molar-refractivity contribution is 8.08. The van der Waals surface area contributed by atoms with E-state index in [1.54, 1.807) is 36.9 Å². The van der Waals surface area contributed by atoms with Gasteiger partial charge >= 0.3 is 0 Å². The molecule has 1 radical (unpaired) electrons. The lowest BCUT2D eigenvalue weighted by Crippen LogP contribution is -2.18. The second-order valence-corrected chi connectivity index (χ2v) is 4.43. The summed E-state index contributed by atoms with van der Waals surface area (Å²) >= 11 is 10.00. The molecular formula is C12H10BClN3OS. The van der Waals surface area contributed by atoms with Gasteiger partial charge in [0.15, 0.2) is 5.69 Å². The molecular weight excluding hydrogens is 280 g/mol. The standard InChI is InChI=1S/C12H10BClN3OS/c14-9-4-3-7(6-8(9)13-19)17-12(18)11-10(15)2-1-5-16-11/h1-6,19H,15H2,(H,17,18). The minimum Gasteiger partial charge on any atom is -0.397 e. The number of nitrogens with one attached hydrogen (secondary N) is 1. The van der Waals surface area contributed by atoms with Gasteiger partial charge in [0.2, 0.25) is 6.56 Å². The molecule has 0 saturated heterocycles. The predicted molar refractivity (Wildman–Crippen MR) is 82.4 cm³/mol. The summed E-state index contributed by atoms with van der Waals surface area (Å²) in [6.45, 7) is 1.56. The number of nitrogens with zero attached hydrogens (tertiary/aromatic N) is 1. The SMILES string of the molecule is Nc1cccnc1C(=O)Nc1ccc(Cl)c([B]S)c1. The second-order valence-electron chi connectivity index (χ2n) is 3.76. The van der Waals surface area contributed by atoms with Crippen molar-refractivity contribution in [1.29, 1.82) is 0 Å². The number of benzene rings is 1. The Morgan fingerprint density at radius 3 is 2.89 bits per heavy atom. The molecule has 0 unspecified atom stereocenters. The van der Waals surface area contributed by atoms with E-state index in [1.165, 1.54) is 6.20 Å². The topological polar surface area (TPSA) is 68.0 Å². The van der Waals surface area contributed by atoms with Gasteiger partial charge in [0.1, 0.15) is 0 Å². The largest absolute Gasteiger partial charge is 0.397 e. The highest BCUT2D eigenvalue weighted by atomic mass is 35.5. The van der Waals surface area contributed by atoms with Crippen LogP contribution in [0.1, 0.15) is 10.5 Å². The van der Waals surface area contributed by atoms with E-state index in [-0.39, 0.29) is 11.6 Å². The Kier molecular flexibility index (Phi) is 4.34. The number of hydrogen-bond acceptors (Lipinski definition) is 4. The lowest BCUT2D eigenvalue weighted by Gasteiger charge is -2.08. The average molecular weight is 291 g/mol. The summed E-state index contributed by atoms with van der Waals surface area (Å²) in [6, 6.07) is 8.38. The molecule has 2 rings (SSSR count). The number of pyridine rings is 1. The average Bonchev–Trinajstić information content (AvgIpc) is 2.41. The molecule has 7 heteroatoms. The summed E-state index contributed by atoms with van der Waals surface area (Å²) in [6.07, 6.45) is 1.51. The third kappa shape index (κ3) is 3.21. The molecule has 0 aliphatic rings. The molecule has 1 aromatic heterocycles. The van der Waals surface area contributed by atoms with E-state index in [1.807, 2.05) is 0 Å². The van der Waals surface area contributed by atoms with Gasteiger partial charge in [-0.3, -0.25) is 4.79 Å². The van der Waals surface area contributed by atoms with Crippen molar-refractivity contribution in [3.8, 4) is 0 Å². The van der Waals surface area contributed by atoms with Crippen LogP contribution in [0.4, 0.5) is 11.4 Å². The van der Waals surface area contributed by atoms with E-state index in [2.05, 4.69) is 22.8 Å². The van der Waals surface area contributed by atoms with E-state index >= 15 is 0 Å². The quantitative estimate of drug-likeness (QED) is 0.596. The number of rotatable bonds is 3. The number of anilines is 2. The predicted octanol–water partition coefficient (Wildman–Crippen LogP) is 1.74. The van der Waals surface area contributed by atoms with Crippen molar-refractivity contribution in [2.24, 2.45) is 0 Å². The zero-order valence-corrected chi connectivity index (χ0v) is 11.4. The molecule has 0 atom stereocenters. The first-order valence-electron chi connectivity index (χ1n) is 5.40. The molecule has 2 aromatic rings. The molecule has 95 valence electrons. The van der Waals surface area contributed by atoms with Crippen LogP contribution >= 0.6 is 24.1 Å². The van der Waals surface area contributed by atoms with Crippen molar-refractivity contribution in [2.45, 2.75) is 0 Å². The Hall–Kier alpha value is -1.66. The molecule has 0 bridgehead atoms. The maximum Gasteiger partial charge on any atom is 0.276 e. The van der Waals surface area contributed by atoms with Crippen molar-refractivity contribution in [1.82, 2.24) is 4.98 Å². The first kappa shape index (κ1) is 13.8. The Balaban J connectivity index is 2.22. The van der Waals surface area contributed by atoms with Crippen LogP contribution in [0.5, 0.6) is 0 Å². The minimum absolute atomic E-state index is 0.189. The third-order valence-electron chi connectivity index (χ3n) is 2.45. The van der Waals surface area contributed by atoms with Gasteiger partial charge in [-0.25, -0.2) is 17.5 Å². The number of carbonyl (C=O) groups is 1. The fourth-order valence-electron chi connectivity index (χ4n) is 1.52. The molecule has 4 nitrogen and oxygen atoms in total. The van der Waals surface area contributed by atoms with Crippen LogP contribution in [-0.4, -0.2) is 17.4 Å². The van der Waals surface area contributed by atoms with E-state index < -0.39 is 0 Å². The molecule has 0 fully saturated rings. The van der Waals surface area contributed by atoms with Crippen molar-refractivity contribution in [3.05, 3.63) is 47.2 Å². The second kappa shape index (κ2) is 5.99. The number of amides is 1.